The van der Waals surface area contributed by atoms with Crippen LogP contribution < -0.4 is 5.73 Å². The van der Waals surface area contributed by atoms with Gasteiger partial charge in [-0.25, -0.2) is 4.39 Å². The molecule has 0 radical (unpaired) electrons. The first-order valence-electron chi connectivity index (χ1n) is 6.38. The molecule has 3 rings (SSSR count). The maximum absolute atomic E-state index is 13.4. The lowest BCUT2D eigenvalue weighted by molar-refractivity contribution is 0.624. The average Bonchev–Trinajstić information content (AvgIpc) is 2.86. The minimum Gasteiger partial charge on any atom is -0.389 e. The zero-order valence-electron chi connectivity index (χ0n) is 11.0. The van der Waals surface area contributed by atoms with Crippen molar-refractivity contribution in [2.24, 2.45) is 5.73 Å². The van der Waals surface area contributed by atoms with E-state index >= 15 is 0 Å². The Balaban J connectivity index is 2.08. The lowest BCUT2D eigenvalue weighted by Crippen LogP contribution is -2.09. The minimum absolute atomic E-state index is 0.297. The van der Waals surface area contributed by atoms with E-state index in [0.717, 1.165) is 22.0 Å². The van der Waals surface area contributed by atoms with Crippen molar-refractivity contribution >= 4 is 39.7 Å². The summed E-state index contributed by atoms with van der Waals surface area (Å²) in [5, 5.41) is 1.53. The molecule has 0 aliphatic rings. The van der Waals surface area contributed by atoms with E-state index in [1.807, 2.05) is 35.0 Å². The number of fused-ring (bicyclic) bond motifs is 1. The van der Waals surface area contributed by atoms with Crippen LogP contribution >= 0.6 is 23.8 Å². The van der Waals surface area contributed by atoms with Crippen LogP contribution in [-0.4, -0.2) is 9.56 Å². The summed E-state index contributed by atoms with van der Waals surface area (Å²) in [7, 11) is 0. The highest BCUT2D eigenvalue weighted by Gasteiger charge is 2.09. The molecule has 5 heteroatoms. The molecule has 1 heterocycles. The molecular formula is C16H12ClFN2S. The van der Waals surface area contributed by atoms with Crippen molar-refractivity contribution in [2.45, 2.75) is 6.54 Å². The molecule has 2 aromatic carbocycles. The smallest absolute Gasteiger partial charge is 0.123 e. The van der Waals surface area contributed by atoms with Crippen LogP contribution in [0, 0.1) is 5.82 Å². The molecule has 0 fully saturated rings. The highest BCUT2D eigenvalue weighted by atomic mass is 35.5. The third-order valence-electron chi connectivity index (χ3n) is 3.43. The van der Waals surface area contributed by atoms with Crippen LogP contribution in [0.4, 0.5) is 4.39 Å². The highest BCUT2D eigenvalue weighted by molar-refractivity contribution is 7.80. The van der Waals surface area contributed by atoms with E-state index in [0.29, 0.717) is 16.6 Å². The van der Waals surface area contributed by atoms with Crippen LogP contribution in [0.15, 0.2) is 48.7 Å². The van der Waals surface area contributed by atoms with Gasteiger partial charge in [-0.05, 0) is 35.9 Å². The van der Waals surface area contributed by atoms with Gasteiger partial charge in [0, 0.05) is 34.2 Å². The Bertz CT molecular complexity index is 841. The molecule has 2 N–H and O–H groups in total. The second-order valence-corrected chi connectivity index (χ2v) is 5.63. The molecule has 0 bridgehead atoms. The topological polar surface area (TPSA) is 30.9 Å². The van der Waals surface area contributed by atoms with Crippen molar-refractivity contribution in [1.29, 1.82) is 0 Å². The van der Waals surface area contributed by atoms with Gasteiger partial charge in [-0.2, -0.15) is 0 Å². The van der Waals surface area contributed by atoms with Gasteiger partial charge < -0.3 is 10.3 Å². The lowest BCUT2D eigenvalue weighted by Gasteiger charge is -2.09. The fraction of sp³-hybridized carbons (Fsp3) is 0.0625. The Morgan fingerprint density at radius 1 is 1.24 bits per heavy atom. The van der Waals surface area contributed by atoms with E-state index in [4.69, 9.17) is 29.6 Å². The largest absolute Gasteiger partial charge is 0.389 e. The summed E-state index contributed by atoms with van der Waals surface area (Å²) in [6.45, 7) is 0.487. The zero-order chi connectivity index (χ0) is 15.0. The summed E-state index contributed by atoms with van der Waals surface area (Å²) < 4.78 is 15.4. The molecule has 0 aliphatic heterocycles. The van der Waals surface area contributed by atoms with Gasteiger partial charge in [0.2, 0.25) is 0 Å². The number of hydrogen-bond donors (Lipinski definition) is 1. The normalized spacial score (nSPS) is 11.0. The molecule has 1 aromatic heterocycles. The number of nitrogens with two attached hydrogens (primary N) is 1. The number of aromatic nitrogens is 1. The molecule has 0 saturated heterocycles. The number of nitrogens with zero attached hydrogens (tertiary/aromatic N) is 1. The number of rotatable bonds is 3. The van der Waals surface area contributed by atoms with E-state index in [1.165, 1.54) is 12.1 Å². The molecule has 3 aromatic rings. The Morgan fingerprint density at radius 2 is 2.05 bits per heavy atom. The van der Waals surface area contributed by atoms with E-state index < -0.39 is 0 Å². The van der Waals surface area contributed by atoms with Crippen molar-refractivity contribution in [3.05, 3.63) is 70.6 Å². The lowest BCUT2D eigenvalue weighted by atomic mass is 10.1. The molecule has 0 atom stereocenters. The van der Waals surface area contributed by atoms with Crippen molar-refractivity contribution in [3.63, 3.8) is 0 Å². The number of benzene rings is 2. The molecule has 21 heavy (non-hydrogen) atoms. The summed E-state index contributed by atoms with van der Waals surface area (Å²) in [5.74, 6) is -0.297. The fourth-order valence-corrected chi connectivity index (χ4v) is 2.78. The maximum Gasteiger partial charge on any atom is 0.123 e. The van der Waals surface area contributed by atoms with Gasteiger partial charge >= 0.3 is 0 Å². The Hall–Kier alpha value is -1.91. The SMILES string of the molecule is NC(=S)c1cccc2c1ccn2Cc1cc(F)ccc1Cl. The first-order valence-corrected chi connectivity index (χ1v) is 7.16. The Morgan fingerprint density at radius 3 is 2.81 bits per heavy atom. The second-order valence-electron chi connectivity index (χ2n) is 4.78. The molecule has 0 unspecified atom stereocenters. The van der Waals surface area contributed by atoms with Crippen molar-refractivity contribution < 1.29 is 4.39 Å². The summed E-state index contributed by atoms with van der Waals surface area (Å²) >= 11 is 11.2. The first-order chi connectivity index (χ1) is 10.1. The van der Waals surface area contributed by atoms with Crippen molar-refractivity contribution in [1.82, 2.24) is 4.57 Å². The van der Waals surface area contributed by atoms with Gasteiger partial charge in [-0.3, -0.25) is 0 Å². The molecular weight excluding hydrogens is 307 g/mol. The number of hydrogen-bond acceptors (Lipinski definition) is 1. The van der Waals surface area contributed by atoms with Gasteiger partial charge in [0.25, 0.3) is 0 Å². The molecule has 0 saturated carbocycles. The van der Waals surface area contributed by atoms with Gasteiger partial charge in [0.15, 0.2) is 0 Å². The van der Waals surface area contributed by atoms with E-state index in [2.05, 4.69) is 0 Å². The Labute approximate surface area is 131 Å². The van der Waals surface area contributed by atoms with Crippen LogP contribution in [0.3, 0.4) is 0 Å². The van der Waals surface area contributed by atoms with Crippen LogP contribution in [-0.2, 0) is 6.54 Å². The number of thiocarbonyl (C=S) groups is 1. The van der Waals surface area contributed by atoms with Crippen LogP contribution in [0.5, 0.6) is 0 Å². The summed E-state index contributed by atoms with van der Waals surface area (Å²) in [6, 6.07) is 12.1. The maximum atomic E-state index is 13.4. The molecule has 0 spiro atoms. The first kappa shape index (κ1) is 14.0. The van der Waals surface area contributed by atoms with Gasteiger partial charge in [0.05, 0.1) is 0 Å². The summed E-state index contributed by atoms with van der Waals surface area (Å²) in [4.78, 5) is 0.363. The monoisotopic (exact) mass is 318 g/mol. The standard InChI is InChI=1S/C16H12ClFN2S/c17-14-5-4-11(18)8-10(14)9-20-7-6-12-13(16(19)21)2-1-3-15(12)20/h1-8H,9H2,(H2,19,21). The van der Waals surface area contributed by atoms with Crippen LogP contribution in [0.25, 0.3) is 10.9 Å². The minimum atomic E-state index is -0.297. The van der Waals surface area contributed by atoms with Gasteiger partial charge in [-0.1, -0.05) is 36.0 Å². The molecule has 0 aliphatic carbocycles. The third kappa shape index (κ3) is 2.64. The molecule has 0 amide bonds. The third-order valence-corrected chi connectivity index (χ3v) is 4.02. The van der Waals surface area contributed by atoms with E-state index in [-0.39, 0.29) is 5.82 Å². The average molecular weight is 319 g/mol. The quantitative estimate of drug-likeness (QED) is 0.737. The fourth-order valence-electron chi connectivity index (χ4n) is 2.42. The van der Waals surface area contributed by atoms with E-state index in [1.54, 1.807) is 6.07 Å². The molecule has 106 valence electrons. The highest BCUT2D eigenvalue weighted by Crippen LogP contribution is 2.24. The second kappa shape index (κ2) is 5.47. The zero-order valence-corrected chi connectivity index (χ0v) is 12.6. The summed E-state index contributed by atoms with van der Waals surface area (Å²) in [6.07, 6.45) is 1.92. The summed E-state index contributed by atoms with van der Waals surface area (Å²) in [5.41, 5.74) is 8.29. The van der Waals surface area contributed by atoms with Gasteiger partial charge in [0.1, 0.15) is 10.8 Å². The Kier molecular flexibility index (Phi) is 3.66. The van der Waals surface area contributed by atoms with Gasteiger partial charge in [-0.15, -0.1) is 0 Å². The number of halogens is 2. The molecule has 2 nitrogen and oxygen atoms in total. The predicted molar refractivity (Wildman–Crippen MR) is 88.3 cm³/mol. The van der Waals surface area contributed by atoms with Crippen molar-refractivity contribution in [2.75, 3.05) is 0 Å². The predicted octanol–water partition coefficient (Wildman–Crippen LogP) is 4.12. The van der Waals surface area contributed by atoms with E-state index in [9.17, 15) is 4.39 Å². The van der Waals surface area contributed by atoms with Crippen LogP contribution in [0.1, 0.15) is 11.1 Å². The van der Waals surface area contributed by atoms with Crippen LogP contribution in [0.2, 0.25) is 5.02 Å². The van der Waals surface area contributed by atoms with Crippen molar-refractivity contribution in [3.8, 4) is 0 Å².